The van der Waals surface area contributed by atoms with Crippen molar-refractivity contribution in [2.75, 3.05) is 0 Å². The summed E-state index contributed by atoms with van der Waals surface area (Å²) in [5, 5.41) is 7.17. The Bertz CT molecular complexity index is 578. The van der Waals surface area contributed by atoms with Gasteiger partial charge >= 0.3 is 0 Å². The second kappa shape index (κ2) is 4.86. The van der Waals surface area contributed by atoms with Crippen LogP contribution >= 0.6 is 0 Å². The third-order valence-corrected chi connectivity index (χ3v) is 4.69. The second-order valence-corrected chi connectivity index (χ2v) is 6.28. The number of carbonyl (C=O) groups is 2. The Labute approximate surface area is 124 Å². The molecule has 0 radical (unpaired) electrons. The van der Waals surface area contributed by atoms with Gasteiger partial charge in [-0.2, -0.15) is 5.10 Å². The highest BCUT2D eigenvalue weighted by Gasteiger charge is 2.54. The first-order valence-electron chi connectivity index (χ1n) is 7.60. The number of carbonyl (C=O) groups excluding carboxylic acids is 2. The molecule has 1 aromatic heterocycles. The highest BCUT2D eigenvalue weighted by Crippen LogP contribution is 2.42. The third kappa shape index (κ3) is 2.32. The fourth-order valence-electron chi connectivity index (χ4n) is 3.03. The quantitative estimate of drug-likeness (QED) is 0.896. The van der Waals surface area contributed by atoms with Gasteiger partial charge in [0.25, 0.3) is 0 Å². The van der Waals surface area contributed by atoms with Crippen molar-refractivity contribution >= 4 is 11.8 Å². The van der Waals surface area contributed by atoms with Crippen molar-refractivity contribution in [2.24, 2.45) is 5.92 Å². The lowest BCUT2D eigenvalue weighted by Crippen LogP contribution is -2.69. The van der Waals surface area contributed by atoms with Gasteiger partial charge in [-0.1, -0.05) is 0 Å². The lowest BCUT2D eigenvalue weighted by atomic mass is 9.89. The molecule has 0 aromatic carbocycles. The number of piperazine rings is 1. The number of hydrogen-bond donors (Lipinski definition) is 1. The van der Waals surface area contributed by atoms with Crippen molar-refractivity contribution in [3.8, 4) is 0 Å². The van der Waals surface area contributed by atoms with Crippen molar-refractivity contribution in [1.29, 1.82) is 0 Å². The smallest absolute Gasteiger partial charge is 0.249 e. The molecule has 2 aliphatic rings. The van der Waals surface area contributed by atoms with E-state index >= 15 is 0 Å². The van der Waals surface area contributed by atoms with Gasteiger partial charge in [-0.15, -0.1) is 0 Å². The third-order valence-electron chi connectivity index (χ3n) is 4.69. The molecule has 114 valence electrons. The molecule has 1 aromatic rings. The fraction of sp³-hybridized carbons (Fsp3) is 0.667. The van der Waals surface area contributed by atoms with Crippen molar-refractivity contribution in [3.05, 3.63) is 18.0 Å². The number of aromatic nitrogens is 2. The van der Waals surface area contributed by atoms with E-state index in [1.807, 2.05) is 24.7 Å². The van der Waals surface area contributed by atoms with Gasteiger partial charge in [0.15, 0.2) is 0 Å². The largest absolute Gasteiger partial charge is 0.340 e. The molecule has 2 atom stereocenters. The first-order valence-corrected chi connectivity index (χ1v) is 7.60. The maximum atomic E-state index is 12.8. The van der Waals surface area contributed by atoms with Crippen LogP contribution in [-0.2, 0) is 22.7 Å². The number of rotatable bonds is 4. The summed E-state index contributed by atoms with van der Waals surface area (Å²) < 4.78 is 1.83. The standard InChI is InChI=1S/C15H22N4O2/c1-4-18-8-11(7-16-18)9-19-10(2)13(20)17-15(3,14(19)21)12-5-6-12/h7-8,10,12H,4-6,9H2,1-3H3,(H,17,20). The van der Waals surface area contributed by atoms with Gasteiger partial charge in [-0.05, 0) is 39.5 Å². The number of amides is 2. The molecule has 3 rings (SSSR count). The summed E-state index contributed by atoms with van der Waals surface area (Å²) in [6.45, 7) is 6.89. The van der Waals surface area contributed by atoms with Crippen LogP contribution in [0.15, 0.2) is 12.4 Å². The number of hydrogen-bond acceptors (Lipinski definition) is 3. The molecule has 1 aliphatic carbocycles. The minimum atomic E-state index is -0.732. The Balaban J connectivity index is 1.84. The van der Waals surface area contributed by atoms with E-state index in [2.05, 4.69) is 10.4 Å². The van der Waals surface area contributed by atoms with Gasteiger partial charge in [0.05, 0.1) is 6.20 Å². The molecule has 2 unspecified atom stereocenters. The van der Waals surface area contributed by atoms with Gasteiger partial charge in [0, 0.05) is 24.8 Å². The normalized spacial score (nSPS) is 29.7. The maximum absolute atomic E-state index is 12.8. The molecule has 2 amide bonds. The minimum absolute atomic E-state index is 0.0290. The monoisotopic (exact) mass is 290 g/mol. The molecule has 1 N–H and O–H groups in total. The van der Waals surface area contributed by atoms with Crippen LogP contribution in [0.1, 0.15) is 39.2 Å². The topological polar surface area (TPSA) is 67.2 Å². The SMILES string of the molecule is CCn1cc(CN2C(=O)C(C)(C3CC3)NC(=O)C2C)cn1. The Morgan fingerprint density at radius 3 is 2.71 bits per heavy atom. The van der Waals surface area contributed by atoms with Crippen molar-refractivity contribution in [3.63, 3.8) is 0 Å². The van der Waals surface area contributed by atoms with E-state index in [1.54, 1.807) is 18.0 Å². The number of aryl methyl sites for hydroxylation is 1. The molecule has 1 saturated heterocycles. The number of nitrogens with one attached hydrogen (secondary N) is 1. The van der Waals surface area contributed by atoms with Crippen molar-refractivity contribution < 1.29 is 9.59 Å². The summed E-state index contributed by atoms with van der Waals surface area (Å²) in [6, 6.07) is -0.436. The molecular formula is C15H22N4O2. The molecule has 6 nitrogen and oxygen atoms in total. The van der Waals surface area contributed by atoms with Crippen LogP contribution < -0.4 is 5.32 Å². The minimum Gasteiger partial charge on any atom is -0.340 e. The van der Waals surface area contributed by atoms with E-state index in [-0.39, 0.29) is 17.7 Å². The molecular weight excluding hydrogens is 268 g/mol. The van der Waals surface area contributed by atoms with Gasteiger partial charge in [-0.25, -0.2) is 0 Å². The van der Waals surface area contributed by atoms with Gasteiger partial charge in [0.2, 0.25) is 11.8 Å². The Hall–Kier alpha value is -1.85. The number of nitrogens with zero attached hydrogens (tertiary/aromatic N) is 3. The first kappa shape index (κ1) is 14.1. The molecule has 2 fully saturated rings. The van der Waals surface area contributed by atoms with Crippen molar-refractivity contribution in [1.82, 2.24) is 20.0 Å². The van der Waals surface area contributed by atoms with Crippen LogP contribution in [0.4, 0.5) is 0 Å². The summed E-state index contributed by atoms with van der Waals surface area (Å²) in [7, 11) is 0. The zero-order valence-electron chi connectivity index (χ0n) is 12.8. The predicted molar refractivity (Wildman–Crippen MR) is 77.2 cm³/mol. The van der Waals surface area contributed by atoms with E-state index in [0.717, 1.165) is 24.9 Å². The van der Waals surface area contributed by atoms with Crippen LogP contribution in [0.25, 0.3) is 0 Å². The van der Waals surface area contributed by atoms with Crippen molar-refractivity contribution in [2.45, 2.75) is 58.3 Å². The van der Waals surface area contributed by atoms with Crippen LogP contribution in [0, 0.1) is 5.92 Å². The van der Waals surface area contributed by atoms with Crippen LogP contribution in [0.5, 0.6) is 0 Å². The van der Waals surface area contributed by atoms with Gasteiger partial charge in [-0.3, -0.25) is 14.3 Å². The first-order chi connectivity index (χ1) is 9.95. The van der Waals surface area contributed by atoms with E-state index < -0.39 is 11.6 Å². The average molecular weight is 290 g/mol. The van der Waals surface area contributed by atoms with Crippen LogP contribution in [0.3, 0.4) is 0 Å². The zero-order chi connectivity index (χ0) is 15.2. The molecule has 1 saturated carbocycles. The van der Waals surface area contributed by atoms with Gasteiger partial charge in [0.1, 0.15) is 11.6 Å². The summed E-state index contributed by atoms with van der Waals surface area (Å²) in [6.07, 6.45) is 5.72. The summed E-state index contributed by atoms with van der Waals surface area (Å²) in [5.41, 5.74) is 0.231. The van der Waals surface area contributed by atoms with E-state index in [9.17, 15) is 9.59 Å². The Morgan fingerprint density at radius 1 is 1.43 bits per heavy atom. The maximum Gasteiger partial charge on any atom is 0.249 e. The van der Waals surface area contributed by atoms with Crippen LogP contribution in [0.2, 0.25) is 0 Å². The second-order valence-electron chi connectivity index (χ2n) is 6.28. The summed E-state index contributed by atoms with van der Waals surface area (Å²) in [4.78, 5) is 26.8. The van der Waals surface area contributed by atoms with Gasteiger partial charge < -0.3 is 10.2 Å². The Morgan fingerprint density at radius 2 is 2.14 bits per heavy atom. The lowest BCUT2D eigenvalue weighted by molar-refractivity contribution is -0.155. The Kier molecular flexibility index (Phi) is 3.26. The predicted octanol–water partition coefficient (Wildman–Crippen LogP) is 0.919. The lowest BCUT2D eigenvalue weighted by Gasteiger charge is -2.43. The molecule has 21 heavy (non-hydrogen) atoms. The summed E-state index contributed by atoms with van der Waals surface area (Å²) >= 11 is 0. The molecule has 0 bridgehead atoms. The zero-order valence-corrected chi connectivity index (χ0v) is 12.8. The highest BCUT2D eigenvalue weighted by molar-refractivity contribution is 5.99. The van der Waals surface area contributed by atoms with E-state index in [1.165, 1.54) is 0 Å². The molecule has 0 spiro atoms. The molecule has 1 aliphatic heterocycles. The van der Waals surface area contributed by atoms with Crippen LogP contribution in [-0.4, -0.2) is 38.1 Å². The van der Waals surface area contributed by atoms with E-state index in [0.29, 0.717) is 6.54 Å². The summed E-state index contributed by atoms with van der Waals surface area (Å²) in [5.74, 6) is 0.246. The van der Waals surface area contributed by atoms with E-state index in [4.69, 9.17) is 0 Å². The molecule has 6 heteroatoms. The highest BCUT2D eigenvalue weighted by atomic mass is 16.2. The fourth-order valence-corrected chi connectivity index (χ4v) is 3.03. The average Bonchev–Trinajstić information content (AvgIpc) is 3.22. The molecule has 2 heterocycles.